The van der Waals surface area contributed by atoms with Crippen LogP contribution in [0.2, 0.25) is 0 Å². The van der Waals surface area contributed by atoms with E-state index < -0.39 is 11.7 Å². The quantitative estimate of drug-likeness (QED) is 0.570. The molecule has 0 radical (unpaired) electrons. The lowest BCUT2D eigenvalue weighted by Crippen LogP contribution is -2.18. The third-order valence-corrected chi connectivity index (χ3v) is 3.20. The number of hydrogen-bond donors (Lipinski definition) is 1. The Morgan fingerprint density at radius 3 is 2.64 bits per heavy atom. The van der Waals surface area contributed by atoms with Crippen LogP contribution in [0.4, 0.5) is 4.39 Å². The van der Waals surface area contributed by atoms with Crippen molar-refractivity contribution in [2.45, 2.75) is 0 Å². The standard InChI is InChI=1S/C19H14FN3O2/c20-16-10-9-14(12-18(16)25-15-6-2-1-3-7-15)13-22-23-19(24)17-8-4-5-11-21-17/h1-13H,(H,23,24)/b22-13+. The summed E-state index contributed by atoms with van der Waals surface area (Å²) in [5.41, 5.74) is 3.20. The summed E-state index contributed by atoms with van der Waals surface area (Å²) in [4.78, 5) is 15.7. The SMILES string of the molecule is O=C(N/N=C/c1ccc(F)c(Oc2ccccc2)c1)c1ccccn1. The minimum atomic E-state index is -0.487. The fourth-order valence-corrected chi connectivity index (χ4v) is 2.01. The number of nitrogens with one attached hydrogen (secondary N) is 1. The van der Waals surface area contributed by atoms with Crippen molar-refractivity contribution in [2.24, 2.45) is 5.10 Å². The van der Waals surface area contributed by atoms with Gasteiger partial charge in [-0.05, 0) is 42.0 Å². The van der Waals surface area contributed by atoms with Crippen LogP contribution in [0.1, 0.15) is 16.1 Å². The van der Waals surface area contributed by atoms with Crippen LogP contribution in [0, 0.1) is 5.82 Å². The minimum absolute atomic E-state index is 0.0752. The molecule has 1 aromatic heterocycles. The van der Waals surface area contributed by atoms with Crippen LogP contribution in [0.15, 0.2) is 78.0 Å². The number of hydrazone groups is 1. The van der Waals surface area contributed by atoms with Crippen LogP contribution in [-0.4, -0.2) is 17.1 Å². The van der Waals surface area contributed by atoms with Gasteiger partial charge in [0.1, 0.15) is 11.4 Å². The number of benzene rings is 2. The van der Waals surface area contributed by atoms with Gasteiger partial charge in [-0.1, -0.05) is 30.3 Å². The summed E-state index contributed by atoms with van der Waals surface area (Å²) in [7, 11) is 0. The number of carbonyl (C=O) groups excluding carboxylic acids is 1. The molecule has 0 unspecified atom stereocenters. The highest BCUT2D eigenvalue weighted by atomic mass is 19.1. The van der Waals surface area contributed by atoms with Crippen molar-refractivity contribution in [3.8, 4) is 11.5 Å². The lowest BCUT2D eigenvalue weighted by Gasteiger charge is -2.07. The summed E-state index contributed by atoms with van der Waals surface area (Å²) in [6.45, 7) is 0. The summed E-state index contributed by atoms with van der Waals surface area (Å²) >= 11 is 0. The highest BCUT2D eigenvalue weighted by Gasteiger charge is 2.06. The van der Waals surface area contributed by atoms with Crippen molar-refractivity contribution in [2.75, 3.05) is 0 Å². The van der Waals surface area contributed by atoms with E-state index in [1.165, 1.54) is 30.6 Å². The Hall–Kier alpha value is -3.54. The topological polar surface area (TPSA) is 63.6 Å². The van der Waals surface area contributed by atoms with Gasteiger partial charge in [0.25, 0.3) is 5.91 Å². The molecule has 1 N–H and O–H groups in total. The van der Waals surface area contributed by atoms with Crippen molar-refractivity contribution in [1.29, 1.82) is 0 Å². The molecule has 0 atom stereocenters. The fourth-order valence-electron chi connectivity index (χ4n) is 2.01. The van der Waals surface area contributed by atoms with E-state index in [1.807, 2.05) is 6.07 Å². The largest absolute Gasteiger partial charge is 0.454 e. The number of aromatic nitrogens is 1. The van der Waals surface area contributed by atoms with Gasteiger partial charge in [-0.25, -0.2) is 9.82 Å². The molecule has 0 bridgehead atoms. The van der Waals surface area contributed by atoms with Gasteiger partial charge in [0.2, 0.25) is 0 Å². The average molecular weight is 335 g/mol. The number of carbonyl (C=O) groups is 1. The van der Waals surface area contributed by atoms with E-state index in [-0.39, 0.29) is 11.4 Å². The number of rotatable bonds is 5. The Labute approximate surface area is 143 Å². The zero-order valence-corrected chi connectivity index (χ0v) is 13.1. The summed E-state index contributed by atoms with van der Waals surface area (Å²) in [5.74, 6) is -0.316. The Morgan fingerprint density at radius 2 is 1.88 bits per heavy atom. The van der Waals surface area contributed by atoms with Gasteiger partial charge >= 0.3 is 0 Å². The third-order valence-electron chi connectivity index (χ3n) is 3.20. The van der Waals surface area contributed by atoms with E-state index in [9.17, 15) is 9.18 Å². The molecule has 0 aliphatic heterocycles. The number of hydrogen-bond acceptors (Lipinski definition) is 4. The molecule has 124 valence electrons. The lowest BCUT2D eigenvalue weighted by atomic mass is 10.2. The van der Waals surface area contributed by atoms with Crippen LogP contribution in [0.25, 0.3) is 0 Å². The average Bonchev–Trinajstić information content (AvgIpc) is 2.66. The fraction of sp³-hybridized carbons (Fsp3) is 0. The second-order valence-corrected chi connectivity index (χ2v) is 5.02. The first-order valence-corrected chi connectivity index (χ1v) is 7.49. The number of halogens is 1. The Balaban J connectivity index is 1.68. The molecule has 0 fully saturated rings. The molecule has 3 rings (SSSR count). The molecule has 0 aliphatic rings. The van der Waals surface area contributed by atoms with E-state index in [2.05, 4.69) is 15.5 Å². The van der Waals surface area contributed by atoms with E-state index >= 15 is 0 Å². The van der Waals surface area contributed by atoms with Crippen LogP contribution >= 0.6 is 0 Å². The van der Waals surface area contributed by atoms with E-state index in [4.69, 9.17) is 4.74 Å². The predicted molar refractivity (Wildman–Crippen MR) is 92.2 cm³/mol. The maximum absolute atomic E-state index is 13.9. The first kappa shape index (κ1) is 16.3. The van der Waals surface area contributed by atoms with Gasteiger partial charge in [0.05, 0.1) is 6.21 Å². The molecular formula is C19H14FN3O2. The second-order valence-electron chi connectivity index (χ2n) is 5.02. The highest BCUT2D eigenvalue weighted by molar-refractivity contribution is 5.93. The van der Waals surface area contributed by atoms with Gasteiger partial charge < -0.3 is 4.74 Å². The molecule has 3 aromatic rings. The Kier molecular flexibility index (Phi) is 5.11. The van der Waals surface area contributed by atoms with Crippen molar-refractivity contribution in [3.63, 3.8) is 0 Å². The highest BCUT2D eigenvalue weighted by Crippen LogP contribution is 2.24. The predicted octanol–water partition coefficient (Wildman–Crippen LogP) is 3.78. The van der Waals surface area contributed by atoms with Crippen LogP contribution in [-0.2, 0) is 0 Å². The van der Waals surface area contributed by atoms with Crippen LogP contribution in [0.3, 0.4) is 0 Å². The zero-order chi connectivity index (χ0) is 17.5. The molecule has 2 aromatic carbocycles. The summed E-state index contributed by atoms with van der Waals surface area (Å²) < 4.78 is 19.4. The number of ether oxygens (including phenoxy) is 1. The molecule has 0 saturated heterocycles. The van der Waals surface area contributed by atoms with Gasteiger partial charge in [0, 0.05) is 6.20 Å². The van der Waals surface area contributed by atoms with Crippen LogP contribution < -0.4 is 10.2 Å². The molecule has 0 saturated carbocycles. The van der Waals surface area contributed by atoms with Gasteiger partial charge in [-0.15, -0.1) is 0 Å². The summed E-state index contributed by atoms with van der Waals surface area (Å²) in [6, 6.07) is 18.2. The smallest absolute Gasteiger partial charge is 0.289 e. The minimum Gasteiger partial charge on any atom is -0.454 e. The van der Waals surface area contributed by atoms with E-state index in [0.29, 0.717) is 11.3 Å². The molecule has 0 aliphatic carbocycles. The third kappa shape index (κ3) is 4.48. The van der Waals surface area contributed by atoms with E-state index in [1.54, 1.807) is 42.5 Å². The van der Waals surface area contributed by atoms with Crippen molar-refractivity contribution in [1.82, 2.24) is 10.4 Å². The zero-order valence-electron chi connectivity index (χ0n) is 13.1. The number of para-hydroxylation sites is 1. The van der Waals surface area contributed by atoms with E-state index in [0.717, 1.165) is 0 Å². The normalized spacial score (nSPS) is 10.6. The molecule has 5 nitrogen and oxygen atoms in total. The maximum atomic E-state index is 13.9. The number of nitrogens with zero attached hydrogens (tertiary/aromatic N) is 2. The monoisotopic (exact) mass is 335 g/mol. The number of amides is 1. The lowest BCUT2D eigenvalue weighted by molar-refractivity contribution is 0.0950. The summed E-state index contributed by atoms with van der Waals surface area (Å²) in [6.07, 6.45) is 2.92. The number of pyridine rings is 1. The molecule has 6 heteroatoms. The van der Waals surface area contributed by atoms with Gasteiger partial charge in [-0.2, -0.15) is 5.10 Å². The maximum Gasteiger partial charge on any atom is 0.289 e. The molecule has 1 heterocycles. The van der Waals surface area contributed by atoms with Gasteiger partial charge in [0.15, 0.2) is 11.6 Å². The van der Waals surface area contributed by atoms with Crippen molar-refractivity contribution in [3.05, 3.63) is 90.0 Å². The first-order chi connectivity index (χ1) is 12.2. The second kappa shape index (κ2) is 7.83. The van der Waals surface area contributed by atoms with Crippen molar-refractivity contribution >= 4 is 12.1 Å². The first-order valence-electron chi connectivity index (χ1n) is 7.49. The van der Waals surface area contributed by atoms with Crippen LogP contribution in [0.5, 0.6) is 11.5 Å². The molecule has 1 amide bonds. The molecular weight excluding hydrogens is 321 g/mol. The van der Waals surface area contributed by atoms with Crippen molar-refractivity contribution < 1.29 is 13.9 Å². The Bertz CT molecular complexity index is 884. The Morgan fingerprint density at radius 1 is 1.08 bits per heavy atom. The molecule has 0 spiro atoms. The summed E-state index contributed by atoms with van der Waals surface area (Å²) in [5, 5.41) is 3.85. The van der Waals surface area contributed by atoms with Gasteiger partial charge in [-0.3, -0.25) is 9.78 Å². The molecule has 25 heavy (non-hydrogen) atoms.